The van der Waals surface area contributed by atoms with Crippen LogP contribution >= 0.6 is 0 Å². The van der Waals surface area contributed by atoms with E-state index in [1.807, 2.05) is 12.1 Å². The lowest BCUT2D eigenvalue weighted by atomic mass is 9.53. The molecule has 0 amide bonds. The molecule has 5 N–H and O–H groups in total. The number of hydrogen-bond donors (Lipinski definition) is 5. The monoisotopic (exact) mass is 472 g/mol. The fraction of sp³-hybridized carbons (Fsp3) is 0.654. The van der Waals surface area contributed by atoms with E-state index in [4.69, 9.17) is 15.9 Å². The van der Waals surface area contributed by atoms with Crippen molar-refractivity contribution in [2.75, 3.05) is 0 Å². The molecule has 4 aliphatic rings. The molecule has 8 heteroatoms. The summed E-state index contributed by atoms with van der Waals surface area (Å²) >= 11 is 0. The van der Waals surface area contributed by atoms with E-state index in [1.165, 1.54) is 5.56 Å². The second kappa shape index (κ2) is 8.21. The molecule has 2 saturated carbocycles. The van der Waals surface area contributed by atoms with E-state index < -0.39 is 42.3 Å². The fourth-order valence-corrected chi connectivity index (χ4v) is 7.17. The maximum atomic E-state index is 11.3. The highest BCUT2D eigenvalue weighted by molar-refractivity contribution is 5.73. The van der Waals surface area contributed by atoms with Crippen molar-refractivity contribution in [2.24, 2.45) is 17.3 Å². The molecule has 8 nitrogen and oxygen atoms in total. The summed E-state index contributed by atoms with van der Waals surface area (Å²) in [7, 11) is 0. The van der Waals surface area contributed by atoms with Crippen LogP contribution < -0.4 is 4.74 Å². The number of fused-ring (bicyclic) bond motifs is 5. The lowest BCUT2D eigenvalue weighted by molar-refractivity contribution is -0.271. The number of aliphatic carboxylic acids is 1. The Hall–Kier alpha value is -2.15. The predicted molar refractivity (Wildman–Crippen MR) is 120 cm³/mol. The minimum absolute atomic E-state index is 0.260. The quantitative estimate of drug-likeness (QED) is 0.414. The van der Waals surface area contributed by atoms with Gasteiger partial charge < -0.3 is 35.0 Å². The van der Waals surface area contributed by atoms with Crippen molar-refractivity contribution in [1.82, 2.24) is 0 Å². The molecule has 1 heterocycles. The number of carboxylic acid groups (broad SMARTS) is 1. The fourth-order valence-electron chi connectivity index (χ4n) is 7.17. The van der Waals surface area contributed by atoms with Crippen LogP contribution in [0.1, 0.15) is 56.1 Å². The van der Waals surface area contributed by atoms with E-state index in [9.17, 15) is 30.3 Å². The number of aryl methyl sites for hydroxylation is 1. The Morgan fingerprint density at radius 1 is 1.15 bits per heavy atom. The Labute approximate surface area is 198 Å². The maximum absolute atomic E-state index is 11.3. The summed E-state index contributed by atoms with van der Waals surface area (Å²) in [5.41, 5.74) is 1.09. The number of rotatable bonds is 3. The highest BCUT2D eigenvalue weighted by atomic mass is 16.7. The number of hydrogen-bond acceptors (Lipinski definition) is 7. The van der Waals surface area contributed by atoms with Crippen molar-refractivity contribution in [3.63, 3.8) is 0 Å². The number of aliphatic hydroxyl groups excluding tert-OH is 3. The van der Waals surface area contributed by atoms with Gasteiger partial charge in [-0.25, -0.2) is 4.79 Å². The first-order chi connectivity index (χ1) is 16.1. The molecule has 3 unspecified atom stereocenters. The van der Waals surface area contributed by atoms with E-state index in [-0.39, 0.29) is 5.41 Å². The highest BCUT2D eigenvalue weighted by Gasteiger charge is 2.61. The van der Waals surface area contributed by atoms with Gasteiger partial charge in [-0.1, -0.05) is 18.9 Å². The van der Waals surface area contributed by atoms with Crippen LogP contribution in [0.5, 0.6) is 5.75 Å². The third kappa shape index (κ3) is 3.37. The van der Waals surface area contributed by atoms with Gasteiger partial charge in [-0.15, -0.1) is 6.42 Å². The summed E-state index contributed by atoms with van der Waals surface area (Å²) in [4.78, 5) is 11.3. The minimum atomic E-state index is -1.76. The van der Waals surface area contributed by atoms with Crippen molar-refractivity contribution in [3.05, 3.63) is 29.3 Å². The zero-order chi connectivity index (χ0) is 24.4. The van der Waals surface area contributed by atoms with Crippen molar-refractivity contribution in [2.45, 2.75) is 87.7 Å². The molecular weight excluding hydrogens is 440 g/mol. The summed E-state index contributed by atoms with van der Waals surface area (Å²) in [5, 5.41) is 50.5. The molecule has 0 aromatic heterocycles. The molecule has 0 radical (unpaired) electrons. The van der Waals surface area contributed by atoms with Crippen molar-refractivity contribution in [3.8, 4) is 18.1 Å². The summed E-state index contributed by atoms with van der Waals surface area (Å²) in [5.74, 6) is 2.86. The number of terminal acetylenes is 1. The standard InChI is InChI=1S/C26H32O8/c1-3-26(32)11-9-18-17-6-4-13-12-14(5-7-15(13)16(17)8-10-25(18,26)2)33-24-21(29)19(27)20(28)22(34-24)23(30)31/h1,5,7,12,16-22,24,27-29,32H,4,6,8-11H2,2H3,(H,30,31)/t16?,17?,18?,19-,20-,21+,22-,24-,25-,26-/m0/s1. The van der Waals surface area contributed by atoms with E-state index in [1.54, 1.807) is 6.07 Å². The van der Waals surface area contributed by atoms with E-state index >= 15 is 0 Å². The number of ether oxygens (including phenoxy) is 2. The van der Waals surface area contributed by atoms with E-state index in [0.29, 0.717) is 29.9 Å². The van der Waals surface area contributed by atoms with Crippen molar-refractivity contribution >= 4 is 5.97 Å². The van der Waals surface area contributed by atoms with Gasteiger partial charge in [0.2, 0.25) is 6.29 Å². The lowest BCUT2D eigenvalue weighted by Crippen LogP contribution is -2.61. The first-order valence-corrected chi connectivity index (χ1v) is 12.0. The lowest BCUT2D eigenvalue weighted by Gasteiger charge is -2.52. The maximum Gasteiger partial charge on any atom is 0.335 e. The molecule has 3 aliphatic carbocycles. The average Bonchev–Trinajstić information content (AvgIpc) is 3.10. The largest absolute Gasteiger partial charge is 0.479 e. The van der Waals surface area contributed by atoms with Gasteiger partial charge in [0.15, 0.2) is 6.10 Å². The van der Waals surface area contributed by atoms with Crippen molar-refractivity contribution < 1.29 is 39.8 Å². The van der Waals surface area contributed by atoms with Crippen LogP contribution in [0, 0.1) is 29.6 Å². The van der Waals surface area contributed by atoms with Gasteiger partial charge in [0.1, 0.15) is 29.7 Å². The first kappa shape index (κ1) is 23.6. The normalized spacial score (nSPS) is 45.4. The summed E-state index contributed by atoms with van der Waals surface area (Å²) in [6.45, 7) is 2.15. The summed E-state index contributed by atoms with van der Waals surface area (Å²) in [6.07, 6.45) is 2.78. The number of carbonyl (C=O) groups is 1. The van der Waals surface area contributed by atoms with Gasteiger partial charge in [0.05, 0.1) is 0 Å². The molecule has 3 fully saturated rings. The van der Waals surface area contributed by atoms with E-state index in [0.717, 1.165) is 37.7 Å². The molecule has 1 aliphatic heterocycles. The highest BCUT2D eigenvalue weighted by Crippen LogP contribution is 2.64. The SMILES string of the molecule is C#C[C@]1(O)CCC2C3CCc4cc(O[C@H]5O[C@H](C(=O)O)[C@@H](O)[C@H](O)[C@H]5O)ccc4C3CC[C@@]21C. The van der Waals surface area contributed by atoms with Crippen LogP contribution in [0.15, 0.2) is 18.2 Å². The van der Waals surface area contributed by atoms with Gasteiger partial charge in [-0.3, -0.25) is 0 Å². The van der Waals surface area contributed by atoms with Crippen LogP contribution in [0.4, 0.5) is 0 Å². The zero-order valence-corrected chi connectivity index (χ0v) is 19.1. The Morgan fingerprint density at radius 3 is 2.62 bits per heavy atom. The number of benzene rings is 1. The molecule has 5 rings (SSSR count). The van der Waals surface area contributed by atoms with Crippen LogP contribution in [-0.4, -0.2) is 67.8 Å². The van der Waals surface area contributed by atoms with Gasteiger partial charge in [-0.2, -0.15) is 0 Å². The third-order valence-corrected chi connectivity index (χ3v) is 9.15. The van der Waals surface area contributed by atoms with E-state index in [2.05, 4.69) is 12.8 Å². The molecule has 0 spiro atoms. The average molecular weight is 473 g/mol. The molecule has 1 aromatic carbocycles. The number of carboxylic acids is 1. The van der Waals surface area contributed by atoms with Crippen LogP contribution in [0.2, 0.25) is 0 Å². The van der Waals surface area contributed by atoms with Crippen molar-refractivity contribution in [1.29, 1.82) is 0 Å². The predicted octanol–water partition coefficient (Wildman–Crippen LogP) is 1.18. The Bertz CT molecular complexity index is 1020. The summed E-state index contributed by atoms with van der Waals surface area (Å²) < 4.78 is 11.0. The topological polar surface area (TPSA) is 137 Å². The van der Waals surface area contributed by atoms with Gasteiger partial charge in [0.25, 0.3) is 0 Å². The molecule has 34 heavy (non-hydrogen) atoms. The molecule has 1 aromatic rings. The Balaban J connectivity index is 1.35. The van der Waals surface area contributed by atoms with Crippen LogP contribution in [0.25, 0.3) is 0 Å². The smallest absolute Gasteiger partial charge is 0.335 e. The molecule has 10 atom stereocenters. The Kier molecular flexibility index (Phi) is 5.70. The summed E-state index contributed by atoms with van der Waals surface area (Å²) in [6, 6.07) is 5.67. The molecule has 184 valence electrons. The third-order valence-electron chi connectivity index (χ3n) is 9.15. The second-order valence-corrected chi connectivity index (χ2v) is 10.6. The van der Waals surface area contributed by atoms with Crippen LogP contribution in [-0.2, 0) is 16.0 Å². The van der Waals surface area contributed by atoms with Crippen LogP contribution in [0.3, 0.4) is 0 Å². The minimum Gasteiger partial charge on any atom is -0.479 e. The van der Waals surface area contributed by atoms with Gasteiger partial charge in [0, 0.05) is 5.41 Å². The molecule has 0 bridgehead atoms. The number of aliphatic hydroxyl groups is 4. The first-order valence-electron chi connectivity index (χ1n) is 12.0. The Morgan fingerprint density at radius 2 is 1.91 bits per heavy atom. The molecular formula is C26H32O8. The molecule has 1 saturated heterocycles. The zero-order valence-electron chi connectivity index (χ0n) is 19.1. The second-order valence-electron chi connectivity index (χ2n) is 10.6. The van der Waals surface area contributed by atoms with Gasteiger partial charge in [-0.05, 0) is 79.5 Å². The van der Waals surface area contributed by atoms with Gasteiger partial charge >= 0.3 is 5.97 Å².